The number of benzene rings is 3. The summed E-state index contributed by atoms with van der Waals surface area (Å²) < 4.78 is 18.6. The predicted octanol–water partition coefficient (Wildman–Crippen LogP) is 4.11. The molecule has 1 N–H and O–H groups in total. The molecule has 1 heterocycles. The molecule has 1 aliphatic heterocycles. The minimum atomic E-state index is -1.09. The van der Waals surface area contributed by atoms with Crippen LogP contribution in [0, 0.1) is 5.82 Å². The number of halogens is 1. The summed E-state index contributed by atoms with van der Waals surface area (Å²) in [5.74, 6) is -0.0485. The van der Waals surface area contributed by atoms with Gasteiger partial charge >= 0.3 is 0 Å². The molecule has 0 bridgehead atoms. The smallest absolute Gasteiger partial charge is 0.255 e. The second kappa shape index (κ2) is 8.83. The van der Waals surface area contributed by atoms with Crippen LogP contribution in [0.25, 0.3) is 0 Å². The van der Waals surface area contributed by atoms with Crippen LogP contribution < -0.4 is 10.1 Å². The highest BCUT2D eigenvalue weighted by Gasteiger charge is 2.46. The largest absolute Gasteiger partial charge is 0.497 e. The number of methoxy groups -OCH3 is 1. The summed E-state index contributed by atoms with van der Waals surface area (Å²) in [5.41, 5.74) is 2.03. The lowest BCUT2D eigenvalue weighted by atomic mass is 9.82. The van der Waals surface area contributed by atoms with E-state index in [4.69, 9.17) is 4.74 Å². The van der Waals surface area contributed by atoms with Crippen molar-refractivity contribution in [2.24, 2.45) is 0 Å². The van der Waals surface area contributed by atoms with E-state index in [1.54, 1.807) is 37.1 Å². The fourth-order valence-corrected chi connectivity index (χ4v) is 4.06. The van der Waals surface area contributed by atoms with Gasteiger partial charge in [0.2, 0.25) is 5.91 Å². The number of ether oxygens (including phenoxy) is 1. The lowest BCUT2D eigenvalue weighted by Gasteiger charge is -2.44. The van der Waals surface area contributed by atoms with E-state index >= 15 is 0 Å². The number of amides is 2. The average molecular weight is 432 g/mol. The first-order valence-corrected chi connectivity index (χ1v) is 10.5. The Hall–Kier alpha value is -3.67. The topological polar surface area (TPSA) is 58.6 Å². The molecule has 5 nitrogen and oxygen atoms in total. The maximum atomic E-state index is 13.4. The zero-order valence-corrected chi connectivity index (χ0v) is 18.1. The van der Waals surface area contributed by atoms with Crippen LogP contribution in [0.4, 0.5) is 4.39 Å². The van der Waals surface area contributed by atoms with Crippen molar-refractivity contribution in [2.75, 3.05) is 7.11 Å². The Kier molecular flexibility index (Phi) is 5.95. The van der Waals surface area contributed by atoms with Gasteiger partial charge in [-0.05, 0) is 53.9 Å². The van der Waals surface area contributed by atoms with E-state index in [1.165, 1.54) is 12.1 Å². The second-order valence-corrected chi connectivity index (χ2v) is 8.16. The van der Waals surface area contributed by atoms with E-state index in [9.17, 15) is 14.0 Å². The normalized spacial score (nSPS) is 17.6. The van der Waals surface area contributed by atoms with Crippen LogP contribution in [0.3, 0.4) is 0 Å². The van der Waals surface area contributed by atoms with Crippen molar-refractivity contribution in [2.45, 2.75) is 32.0 Å². The van der Waals surface area contributed by atoms with Crippen molar-refractivity contribution < 1.29 is 18.7 Å². The van der Waals surface area contributed by atoms with Crippen LogP contribution in [-0.4, -0.2) is 29.4 Å². The quantitative estimate of drug-likeness (QED) is 0.638. The van der Waals surface area contributed by atoms with Crippen LogP contribution in [0.2, 0.25) is 0 Å². The molecule has 3 aromatic carbocycles. The summed E-state index contributed by atoms with van der Waals surface area (Å²) >= 11 is 0. The Labute approximate surface area is 186 Å². The van der Waals surface area contributed by atoms with Gasteiger partial charge in [-0.2, -0.15) is 0 Å². The van der Waals surface area contributed by atoms with Gasteiger partial charge < -0.3 is 15.0 Å². The van der Waals surface area contributed by atoms with Gasteiger partial charge in [-0.1, -0.05) is 42.5 Å². The number of carbonyl (C=O) groups is 2. The molecule has 0 saturated heterocycles. The van der Waals surface area contributed by atoms with E-state index in [0.29, 0.717) is 18.5 Å². The molecular weight excluding hydrogens is 407 g/mol. The van der Waals surface area contributed by atoms with Gasteiger partial charge in [-0.25, -0.2) is 4.39 Å². The fourth-order valence-electron chi connectivity index (χ4n) is 4.06. The molecule has 1 atom stereocenters. The van der Waals surface area contributed by atoms with Crippen molar-refractivity contribution in [3.8, 4) is 5.75 Å². The molecule has 1 aliphatic rings. The number of nitrogens with one attached hydrogen (secondary N) is 1. The summed E-state index contributed by atoms with van der Waals surface area (Å²) in [6, 6.07) is 20.8. The standard InChI is InChI=1S/C26H25FN2O3/c1-26(25(31)28-16-18-9-13-22(32-2)14-10-18)15-20-5-3-4-6-23(20)24(30)29(26)17-19-7-11-21(27)12-8-19/h3-14H,15-17H2,1-2H3,(H,28,31)/t26-/m1/s1. The van der Waals surface area contributed by atoms with E-state index in [0.717, 1.165) is 22.4 Å². The maximum Gasteiger partial charge on any atom is 0.255 e. The molecule has 0 aromatic heterocycles. The number of hydrogen-bond donors (Lipinski definition) is 1. The third-order valence-corrected chi connectivity index (χ3v) is 5.98. The number of carbonyl (C=O) groups excluding carboxylic acids is 2. The summed E-state index contributed by atoms with van der Waals surface area (Å²) in [4.78, 5) is 28.4. The summed E-state index contributed by atoms with van der Waals surface area (Å²) in [7, 11) is 1.60. The maximum absolute atomic E-state index is 13.4. The number of hydrogen-bond acceptors (Lipinski definition) is 3. The molecule has 0 radical (unpaired) electrons. The van der Waals surface area contributed by atoms with Gasteiger partial charge in [0.1, 0.15) is 17.1 Å². The molecule has 0 saturated carbocycles. The third-order valence-electron chi connectivity index (χ3n) is 5.98. The molecular formula is C26H25FN2O3. The van der Waals surface area contributed by atoms with Crippen LogP contribution in [0.5, 0.6) is 5.75 Å². The first kappa shape index (κ1) is 21.6. The second-order valence-electron chi connectivity index (χ2n) is 8.16. The summed E-state index contributed by atoms with van der Waals surface area (Å²) in [5, 5.41) is 2.99. The predicted molar refractivity (Wildman–Crippen MR) is 120 cm³/mol. The molecule has 0 fully saturated rings. The van der Waals surface area contributed by atoms with Gasteiger partial charge in [-0.3, -0.25) is 9.59 Å². The highest BCUT2D eigenvalue weighted by Crippen LogP contribution is 2.33. The average Bonchev–Trinajstić information content (AvgIpc) is 2.81. The van der Waals surface area contributed by atoms with Crippen LogP contribution in [-0.2, 0) is 24.3 Å². The van der Waals surface area contributed by atoms with Gasteiger partial charge in [-0.15, -0.1) is 0 Å². The number of fused-ring (bicyclic) bond motifs is 1. The Balaban J connectivity index is 1.61. The van der Waals surface area contributed by atoms with Crippen LogP contribution in [0.15, 0.2) is 72.8 Å². The van der Waals surface area contributed by atoms with Gasteiger partial charge in [0.05, 0.1) is 7.11 Å². The van der Waals surface area contributed by atoms with Gasteiger partial charge in [0, 0.05) is 25.1 Å². The van der Waals surface area contributed by atoms with E-state index in [2.05, 4.69) is 5.32 Å². The lowest BCUT2D eigenvalue weighted by molar-refractivity contribution is -0.132. The zero-order chi connectivity index (χ0) is 22.7. The number of nitrogens with zero attached hydrogens (tertiary/aromatic N) is 1. The Morgan fingerprint density at radius 3 is 2.38 bits per heavy atom. The van der Waals surface area contributed by atoms with Crippen molar-refractivity contribution in [1.82, 2.24) is 10.2 Å². The number of rotatable bonds is 6. The molecule has 6 heteroatoms. The van der Waals surface area contributed by atoms with Gasteiger partial charge in [0.25, 0.3) is 5.91 Å². The lowest BCUT2D eigenvalue weighted by Crippen LogP contribution is -2.62. The highest BCUT2D eigenvalue weighted by atomic mass is 19.1. The Morgan fingerprint density at radius 1 is 1.03 bits per heavy atom. The first-order chi connectivity index (χ1) is 15.4. The SMILES string of the molecule is COc1ccc(CNC(=O)[C@@]2(C)Cc3ccccc3C(=O)N2Cc2ccc(F)cc2)cc1. The van der Waals surface area contributed by atoms with Crippen molar-refractivity contribution in [3.63, 3.8) is 0 Å². The molecule has 4 rings (SSSR count). The fraction of sp³-hybridized carbons (Fsp3) is 0.231. The molecule has 0 aliphatic carbocycles. The van der Waals surface area contributed by atoms with Crippen molar-refractivity contribution in [3.05, 3.63) is 101 Å². The third kappa shape index (κ3) is 4.21. The molecule has 2 amide bonds. The zero-order valence-electron chi connectivity index (χ0n) is 18.1. The molecule has 0 unspecified atom stereocenters. The highest BCUT2D eigenvalue weighted by molar-refractivity contribution is 6.02. The summed E-state index contributed by atoms with van der Waals surface area (Å²) in [6.45, 7) is 2.33. The minimum absolute atomic E-state index is 0.208. The Morgan fingerprint density at radius 2 is 1.69 bits per heavy atom. The van der Waals surface area contributed by atoms with Crippen LogP contribution >= 0.6 is 0 Å². The summed E-state index contributed by atoms with van der Waals surface area (Å²) in [6.07, 6.45) is 0.393. The first-order valence-electron chi connectivity index (χ1n) is 10.5. The molecule has 3 aromatic rings. The van der Waals surface area contributed by atoms with Crippen molar-refractivity contribution >= 4 is 11.8 Å². The van der Waals surface area contributed by atoms with Crippen LogP contribution in [0.1, 0.15) is 34.0 Å². The van der Waals surface area contributed by atoms with E-state index in [1.807, 2.05) is 42.5 Å². The minimum Gasteiger partial charge on any atom is -0.497 e. The molecule has 164 valence electrons. The monoisotopic (exact) mass is 432 g/mol. The molecule has 32 heavy (non-hydrogen) atoms. The van der Waals surface area contributed by atoms with E-state index < -0.39 is 5.54 Å². The van der Waals surface area contributed by atoms with Gasteiger partial charge in [0.15, 0.2) is 0 Å². The molecule has 0 spiro atoms. The Bertz CT molecular complexity index is 1130. The van der Waals surface area contributed by atoms with Crippen molar-refractivity contribution in [1.29, 1.82) is 0 Å². The van der Waals surface area contributed by atoms with E-state index in [-0.39, 0.29) is 24.2 Å².